The molecule has 8 bridgehead atoms. The van der Waals surface area contributed by atoms with E-state index in [1.54, 1.807) is 4.52 Å². The molecule has 0 saturated heterocycles. The van der Waals surface area contributed by atoms with Crippen LogP contribution in [0.15, 0.2) is 10.5 Å². The van der Waals surface area contributed by atoms with Gasteiger partial charge >= 0.3 is 0 Å². The average molecular weight is 594 g/mol. The number of halogens is 1. The van der Waals surface area contributed by atoms with Gasteiger partial charge in [-0.15, -0.1) is 5.10 Å². The Bertz CT molecular complexity index is 1290. The Morgan fingerprint density at radius 3 is 1.97 bits per heavy atom. The number of fused-ring (bicyclic) bond motifs is 1. The van der Waals surface area contributed by atoms with Crippen molar-refractivity contribution >= 4 is 48.0 Å². The highest BCUT2D eigenvalue weighted by atomic mass is 79.9. The number of carbonyl (C=O) groups excluding carboxylic acids is 1. The van der Waals surface area contributed by atoms with Gasteiger partial charge in [-0.25, -0.2) is 17.9 Å². The number of nitrogens with one attached hydrogen (secondary N) is 1. The van der Waals surface area contributed by atoms with E-state index in [-0.39, 0.29) is 21.0 Å². The fourth-order valence-corrected chi connectivity index (χ4v) is 13.8. The molecule has 0 radical (unpaired) electrons. The van der Waals surface area contributed by atoms with Crippen LogP contribution in [-0.4, -0.2) is 33.8 Å². The Labute approximate surface area is 224 Å². The molecule has 2 heterocycles. The quantitative estimate of drug-likeness (QED) is 0.374. The van der Waals surface area contributed by atoms with Crippen molar-refractivity contribution in [2.24, 2.45) is 40.9 Å². The Hall–Kier alpha value is -0.840. The minimum absolute atomic E-state index is 0.000611. The maximum atomic E-state index is 13.6. The minimum atomic E-state index is -3.95. The lowest BCUT2D eigenvalue weighted by Crippen LogP contribution is -2.54. The monoisotopic (exact) mass is 592 g/mol. The van der Waals surface area contributed by atoms with Crippen molar-refractivity contribution < 1.29 is 13.2 Å². The average Bonchev–Trinajstić information content (AvgIpc) is 3.38. The summed E-state index contributed by atoms with van der Waals surface area (Å²) in [6, 6.07) is 0. The lowest BCUT2D eigenvalue weighted by molar-refractivity contribution is -0.143. The summed E-state index contributed by atoms with van der Waals surface area (Å²) < 4.78 is 31.3. The molecule has 8 saturated carbocycles. The zero-order valence-corrected chi connectivity index (χ0v) is 23.6. The Balaban J connectivity index is 1.06. The fourth-order valence-electron chi connectivity index (χ4n) is 10.5. The van der Waals surface area contributed by atoms with Crippen LogP contribution in [0.3, 0.4) is 0 Å². The zero-order valence-electron chi connectivity index (χ0n) is 20.4. The van der Waals surface area contributed by atoms with Crippen molar-refractivity contribution in [1.29, 1.82) is 0 Å². The van der Waals surface area contributed by atoms with Crippen LogP contribution in [0.5, 0.6) is 0 Å². The van der Waals surface area contributed by atoms with E-state index in [0.717, 1.165) is 54.0 Å². The molecule has 10 heteroatoms. The molecule has 1 atom stereocenters. The molecule has 8 fully saturated rings. The lowest BCUT2D eigenvalue weighted by Gasteiger charge is -2.56. The first-order valence-electron chi connectivity index (χ1n) is 13.8. The summed E-state index contributed by atoms with van der Waals surface area (Å²) in [5.41, 5.74) is 0.812. The number of carbonyl (C=O) groups is 1. The molecule has 7 nitrogen and oxygen atoms in total. The topological polar surface area (TPSA) is 93.4 Å². The normalized spacial score (nSPS) is 43.5. The second-order valence-electron chi connectivity index (χ2n) is 13.4. The molecule has 0 amide bonds. The van der Waals surface area contributed by atoms with E-state index in [1.807, 2.05) is 6.20 Å². The number of hydrogen-bond acceptors (Lipinski definition) is 6. The standard InChI is InChI=1S/C26H33BrN4O3S2/c27-22(21(32)26-10-17-4-18(11-26)6-19(5-17)12-26)30-36(33,34)24-29-31-20(13-28-23(31)35-24)25-7-14-1-15(8-25)3-16(2-14)9-25/h13-19,22,30H,1-12H2. The molecule has 8 aliphatic carbocycles. The molecule has 0 spiro atoms. The molecule has 1 N–H and O–H groups in total. The molecule has 1 unspecified atom stereocenters. The number of hydrogen-bond donors (Lipinski definition) is 1. The number of alkyl halides is 1. The lowest BCUT2D eigenvalue weighted by atomic mass is 9.48. The van der Waals surface area contributed by atoms with Gasteiger partial charge in [0.1, 0.15) is 4.95 Å². The maximum Gasteiger partial charge on any atom is 0.271 e. The first-order chi connectivity index (χ1) is 17.2. The minimum Gasteiger partial charge on any atom is -0.296 e. The zero-order chi connectivity index (χ0) is 24.4. The molecular weight excluding hydrogens is 560 g/mol. The van der Waals surface area contributed by atoms with E-state index in [9.17, 15) is 13.2 Å². The Morgan fingerprint density at radius 1 is 0.944 bits per heavy atom. The molecule has 36 heavy (non-hydrogen) atoms. The molecule has 8 aliphatic rings. The number of aromatic nitrogens is 3. The molecule has 0 aromatic carbocycles. The molecule has 0 aliphatic heterocycles. The second-order valence-corrected chi connectivity index (χ2v) is 17.2. The van der Waals surface area contributed by atoms with Crippen molar-refractivity contribution in [2.45, 2.75) is 91.8 Å². The van der Waals surface area contributed by atoms with E-state index in [1.165, 1.54) is 57.8 Å². The van der Waals surface area contributed by atoms with Crippen LogP contribution in [0, 0.1) is 40.9 Å². The first kappa shape index (κ1) is 23.1. The van der Waals surface area contributed by atoms with Gasteiger partial charge in [0.15, 0.2) is 5.78 Å². The first-order valence-corrected chi connectivity index (χ1v) is 17.0. The van der Waals surface area contributed by atoms with E-state index in [0.29, 0.717) is 22.7 Å². The SMILES string of the molecule is O=C(C(Br)NS(=O)(=O)c1nn2c(C34CC5CC(CC(C5)C3)C4)cnc2s1)C12CC3CC(CC(C3)C1)C2. The van der Waals surface area contributed by atoms with Crippen LogP contribution in [0.2, 0.25) is 0 Å². The third-order valence-electron chi connectivity index (χ3n) is 10.9. The summed E-state index contributed by atoms with van der Waals surface area (Å²) in [6.45, 7) is 0. The highest BCUT2D eigenvalue weighted by molar-refractivity contribution is 9.10. The summed E-state index contributed by atoms with van der Waals surface area (Å²) in [5, 5.41) is 4.60. The van der Waals surface area contributed by atoms with E-state index < -0.39 is 15.0 Å². The number of Topliss-reactive ketones (excluding diaryl/α,β-unsaturated/α-hetero) is 1. The smallest absolute Gasteiger partial charge is 0.271 e. The van der Waals surface area contributed by atoms with E-state index in [4.69, 9.17) is 0 Å². The van der Waals surface area contributed by atoms with Crippen molar-refractivity contribution in [3.05, 3.63) is 11.9 Å². The predicted octanol–water partition coefficient (Wildman–Crippen LogP) is 5.04. The van der Waals surface area contributed by atoms with Crippen LogP contribution in [0.4, 0.5) is 0 Å². The Morgan fingerprint density at radius 2 is 1.44 bits per heavy atom. The molecule has 2 aromatic heterocycles. The van der Waals surface area contributed by atoms with Crippen LogP contribution < -0.4 is 4.72 Å². The van der Waals surface area contributed by atoms with Crippen LogP contribution in [-0.2, 0) is 20.2 Å². The predicted molar refractivity (Wildman–Crippen MR) is 139 cm³/mol. The van der Waals surface area contributed by atoms with Gasteiger partial charge < -0.3 is 0 Å². The van der Waals surface area contributed by atoms with E-state index in [2.05, 4.69) is 30.7 Å². The number of ketones is 1. The van der Waals surface area contributed by atoms with Crippen LogP contribution in [0.1, 0.15) is 82.7 Å². The van der Waals surface area contributed by atoms with Gasteiger partial charge in [-0.2, -0.15) is 4.72 Å². The highest BCUT2D eigenvalue weighted by Gasteiger charge is 2.56. The Kier molecular flexibility index (Phi) is 4.89. The summed E-state index contributed by atoms with van der Waals surface area (Å²) >= 11 is 4.54. The summed E-state index contributed by atoms with van der Waals surface area (Å²) in [4.78, 5) is 17.9. The van der Waals surface area contributed by atoms with Gasteiger partial charge in [0.05, 0.1) is 11.9 Å². The maximum absolute atomic E-state index is 13.6. The van der Waals surface area contributed by atoms with Crippen molar-refractivity contribution in [1.82, 2.24) is 19.3 Å². The number of rotatable bonds is 6. The van der Waals surface area contributed by atoms with Gasteiger partial charge in [-0.1, -0.05) is 27.3 Å². The van der Waals surface area contributed by atoms with Crippen molar-refractivity contribution in [3.8, 4) is 0 Å². The fraction of sp³-hybridized carbons (Fsp3) is 0.808. The van der Waals surface area contributed by atoms with Crippen LogP contribution >= 0.6 is 27.3 Å². The van der Waals surface area contributed by atoms with Crippen molar-refractivity contribution in [3.63, 3.8) is 0 Å². The second kappa shape index (κ2) is 7.63. The summed E-state index contributed by atoms with van der Waals surface area (Å²) in [5.74, 6) is 4.27. The van der Waals surface area contributed by atoms with Crippen molar-refractivity contribution in [2.75, 3.05) is 0 Å². The summed E-state index contributed by atoms with van der Waals surface area (Å²) in [6.07, 6.45) is 16.0. The van der Waals surface area contributed by atoms with Gasteiger partial charge in [0.25, 0.3) is 10.0 Å². The van der Waals surface area contributed by atoms with Gasteiger partial charge in [0.2, 0.25) is 9.30 Å². The van der Waals surface area contributed by atoms with Crippen LogP contribution in [0.25, 0.3) is 4.96 Å². The highest BCUT2D eigenvalue weighted by Crippen LogP contribution is 2.62. The molecular formula is C26H33BrN4O3S2. The van der Waals surface area contributed by atoms with Gasteiger partial charge in [-0.3, -0.25) is 4.79 Å². The summed E-state index contributed by atoms with van der Waals surface area (Å²) in [7, 11) is -3.95. The third kappa shape index (κ3) is 3.35. The van der Waals surface area contributed by atoms with Gasteiger partial charge in [0, 0.05) is 10.8 Å². The molecule has 194 valence electrons. The third-order valence-corrected chi connectivity index (χ3v) is 14.6. The molecule has 10 rings (SSSR count). The number of imidazole rings is 1. The number of nitrogens with zero attached hydrogens (tertiary/aromatic N) is 3. The van der Waals surface area contributed by atoms with Gasteiger partial charge in [-0.05, 0) is 113 Å². The largest absolute Gasteiger partial charge is 0.296 e. The van der Waals surface area contributed by atoms with E-state index >= 15 is 0 Å². The molecule has 2 aromatic rings. The number of sulfonamides is 1.